The van der Waals surface area contributed by atoms with E-state index in [1.165, 1.54) is 0 Å². The molecule has 2 amide bonds. The maximum absolute atomic E-state index is 11.1. The number of nitrogens with one attached hydrogen (secondary N) is 1. The fourth-order valence-corrected chi connectivity index (χ4v) is 2.54. The molecular weight excluding hydrogens is 154 g/mol. The number of fused-ring (bicyclic) bond motifs is 1. The van der Waals surface area contributed by atoms with Gasteiger partial charge in [-0.25, -0.2) is 4.79 Å². The number of nitrogens with two attached hydrogens (primary N) is 1. The molecular formula is C8H15N3O. The quantitative estimate of drug-likeness (QED) is 0.525. The van der Waals surface area contributed by atoms with Gasteiger partial charge < -0.3 is 16.0 Å². The molecule has 68 valence electrons. The Balaban J connectivity index is 2.15. The molecule has 2 saturated heterocycles. The second kappa shape index (κ2) is 2.62. The number of hydrogen-bond acceptors (Lipinski definition) is 2. The molecule has 4 heteroatoms. The standard InChI is InChI=1S/C8H15N3O/c1-5-2-6-3-10-4-7(6)11(5)8(9)12/h5-7,10H,2-4H2,1H3,(H2,9,12). The van der Waals surface area contributed by atoms with E-state index in [2.05, 4.69) is 12.2 Å². The first-order chi connectivity index (χ1) is 5.70. The Hall–Kier alpha value is -0.770. The fraction of sp³-hybridized carbons (Fsp3) is 0.875. The molecule has 0 aromatic rings. The second-order valence-corrected chi connectivity index (χ2v) is 3.82. The molecule has 0 aromatic carbocycles. The van der Waals surface area contributed by atoms with Crippen LogP contribution in [0.5, 0.6) is 0 Å². The Morgan fingerprint density at radius 3 is 3.00 bits per heavy atom. The predicted octanol–water partition coefficient (Wildman–Crippen LogP) is -0.253. The first-order valence-corrected chi connectivity index (χ1v) is 4.48. The highest BCUT2D eigenvalue weighted by molar-refractivity contribution is 5.73. The number of primary amides is 1. The van der Waals surface area contributed by atoms with E-state index in [9.17, 15) is 4.79 Å². The number of amides is 2. The Morgan fingerprint density at radius 2 is 2.33 bits per heavy atom. The van der Waals surface area contributed by atoms with E-state index in [4.69, 9.17) is 5.73 Å². The molecule has 3 atom stereocenters. The van der Waals surface area contributed by atoms with Gasteiger partial charge in [0.1, 0.15) is 0 Å². The summed E-state index contributed by atoms with van der Waals surface area (Å²) in [5, 5.41) is 3.28. The van der Waals surface area contributed by atoms with Crippen LogP contribution in [0.1, 0.15) is 13.3 Å². The maximum atomic E-state index is 11.1. The average molecular weight is 169 g/mol. The topological polar surface area (TPSA) is 58.4 Å². The van der Waals surface area contributed by atoms with Crippen molar-refractivity contribution in [3.05, 3.63) is 0 Å². The minimum atomic E-state index is -0.265. The van der Waals surface area contributed by atoms with Crippen LogP contribution >= 0.6 is 0 Å². The largest absolute Gasteiger partial charge is 0.351 e. The number of nitrogens with zero attached hydrogens (tertiary/aromatic N) is 1. The molecule has 2 heterocycles. The summed E-state index contributed by atoms with van der Waals surface area (Å²) >= 11 is 0. The highest BCUT2D eigenvalue weighted by Gasteiger charge is 2.43. The first-order valence-electron chi connectivity index (χ1n) is 4.48. The highest BCUT2D eigenvalue weighted by Crippen LogP contribution is 2.31. The summed E-state index contributed by atoms with van der Waals surface area (Å²) in [7, 11) is 0. The lowest BCUT2D eigenvalue weighted by atomic mass is 10.0. The van der Waals surface area contributed by atoms with Gasteiger partial charge in [-0.3, -0.25) is 0 Å². The SMILES string of the molecule is CC1CC2CNCC2N1C(N)=O. The zero-order valence-corrected chi connectivity index (χ0v) is 7.29. The monoisotopic (exact) mass is 169 g/mol. The zero-order valence-electron chi connectivity index (χ0n) is 7.29. The van der Waals surface area contributed by atoms with Crippen molar-refractivity contribution in [2.45, 2.75) is 25.4 Å². The molecule has 3 unspecified atom stereocenters. The number of likely N-dealkylation sites (tertiary alicyclic amines) is 1. The van der Waals surface area contributed by atoms with Gasteiger partial charge in [-0.05, 0) is 19.3 Å². The molecule has 2 aliphatic rings. The van der Waals surface area contributed by atoms with Gasteiger partial charge in [0.15, 0.2) is 0 Å². The van der Waals surface area contributed by atoms with Crippen molar-refractivity contribution in [3.8, 4) is 0 Å². The van der Waals surface area contributed by atoms with Gasteiger partial charge in [0.2, 0.25) is 0 Å². The molecule has 0 radical (unpaired) electrons. The van der Waals surface area contributed by atoms with Crippen LogP contribution in [0.25, 0.3) is 0 Å². The van der Waals surface area contributed by atoms with Gasteiger partial charge in [-0.15, -0.1) is 0 Å². The van der Waals surface area contributed by atoms with Gasteiger partial charge in [-0.2, -0.15) is 0 Å². The molecule has 12 heavy (non-hydrogen) atoms. The summed E-state index contributed by atoms with van der Waals surface area (Å²) < 4.78 is 0. The summed E-state index contributed by atoms with van der Waals surface area (Å²) in [6.45, 7) is 4.03. The van der Waals surface area contributed by atoms with E-state index in [1.54, 1.807) is 0 Å². The molecule has 4 nitrogen and oxygen atoms in total. The maximum Gasteiger partial charge on any atom is 0.315 e. The van der Waals surface area contributed by atoms with E-state index in [0.29, 0.717) is 18.0 Å². The number of carbonyl (C=O) groups is 1. The normalized spacial score (nSPS) is 40.1. The zero-order chi connectivity index (χ0) is 8.72. The van der Waals surface area contributed by atoms with Crippen LogP contribution in [-0.2, 0) is 0 Å². The number of rotatable bonds is 0. The summed E-state index contributed by atoms with van der Waals surface area (Å²) in [5.74, 6) is 0.632. The Kier molecular flexibility index (Phi) is 1.72. The molecule has 0 bridgehead atoms. The lowest BCUT2D eigenvalue weighted by Crippen LogP contribution is -2.45. The van der Waals surface area contributed by atoms with Crippen molar-refractivity contribution >= 4 is 6.03 Å². The van der Waals surface area contributed by atoms with Crippen molar-refractivity contribution in [2.75, 3.05) is 13.1 Å². The van der Waals surface area contributed by atoms with Gasteiger partial charge in [0.25, 0.3) is 0 Å². The minimum absolute atomic E-state index is 0.265. The van der Waals surface area contributed by atoms with E-state index < -0.39 is 0 Å². The molecule has 2 aliphatic heterocycles. The smallest absolute Gasteiger partial charge is 0.315 e. The van der Waals surface area contributed by atoms with Crippen molar-refractivity contribution < 1.29 is 4.79 Å². The molecule has 0 aromatic heterocycles. The summed E-state index contributed by atoms with van der Waals surface area (Å²) in [4.78, 5) is 12.9. The Morgan fingerprint density at radius 1 is 1.58 bits per heavy atom. The predicted molar refractivity (Wildman–Crippen MR) is 45.6 cm³/mol. The van der Waals surface area contributed by atoms with Crippen LogP contribution < -0.4 is 11.1 Å². The first kappa shape index (κ1) is 7.86. The molecule has 0 spiro atoms. The molecule has 0 saturated carbocycles. The molecule has 2 rings (SSSR count). The van der Waals surface area contributed by atoms with Crippen LogP contribution in [0.3, 0.4) is 0 Å². The number of hydrogen-bond donors (Lipinski definition) is 2. The van der Waals surface area contributed by atoms with Crippen LogP contribution in [0.15, 0.2) is 0 Å². The van der Waals surface area contributed by atoms with Crippen molar-refractivity contribution in [3.63, 3.8) is 0 Å². The van der Waals surface area contributed by atoms with Gasteiger partial charge in [-0.1, -0.05) is 0 Å². The average Bonchev–Trinajstić information content (AvgIpc) is 2.44. The summed E-state index contributed by atoms with van der Waals surface area (Å²) in [6, 6.07) is 0.427. The van der Waals surface area contributed by atoms with Crippen LogP contribution in [0.4, 0.5) is 4.79 Å². The lowest BCUT2D eigenvalue weighted by molar-refractivity contribution is 0.186. The molecule has 0 aliphatic carbocycles. The van der Waals surface area contributed by atoms with E-state index in [-0.39, 0.29) is 6.03 Å². The van der Waals surface area contributed by atoms with Crippen LogP contribution in [0.2, 0.25) is 0 Å². The van der Waals surface area contributed by atoms with Crippen molar-refractivity contribution in [1.82, 2.24) is 10.2 Å². The third-order valence-electron chi connectivity index (χ3n) is 3.03. The lowest BCUT2D eigenvalue weighted by Gasteiger charge is -2.25. The second-order valence-electron chi connectivity index (χ2n) is 3.82. The Bertz CT molecular complexity index is 206. The van der Waals surface area contributed by atoms with E-state index >= 15 is 0 Å². The van der Waals surface area contributed by atoms with Crippen LogP contribution in [0, 0.1) is 5.92 Å². The van der Waals surface area contributed by atoms with Crippen LogP contribution in [-0.4, -0.2) is 36.1 Å². The van der Waals surface area contributed by atoms with Crippen molar-refractivity contribution in [1.29, 1.82) is 0 Å². The highest BCUT2D eigenvalue weighted by atomic mass is 16.2. The fourth-order valence-electron chi connectivity index (χ4n) is 2.54. The molecule has 2 fully saturated rings. The van der Waals surface area contributed by atoms with Gasteiger partial charge >= 0.3 is 6.03 Å². The van der Waals surface area contributed by atoms with E-state index in [0.717, 1.165) is 19.5 Å². The third-order valence-corrected chi connectivity index (χ3v) is 3.03. The van der Waals surface area contributed by atoms with E-state index in [1.807, 2.05) is 4.90 Å². The third kappa shape index (κ3) is 0.982. The molecule has 3 N–H and O–H groups in total. The van der Waals surface area contributed by atoms with Crippen molar-refractivity contribution in [2.24, 2.45) is 11.7 Å². The Labute approximate surface area is 72.1 Å². The summed E-state index contributed by atoms with van der Waals surface area (Å²) in [6.07, 6.45) is 1.10. The minimum Gasteiger partial charge on any atom is -0.351 e. The van der Waals surface area contributed by atoms with Gasteiger partial charge in [0, 0.05) is 19.1 Å². The number of carbonyl (C=O) groups excluding carboxylic acids is 1. The number of urea groups is 1. The van der Waals surface area contributed by atoms with Gasteiger partial charge in [0.05, 0.1) is 6.04 Å². The summed E-state index contributed by atoms with van der Waals surface area (Å²) in [5.41, 5.74) is 5.30.